The number of hydrogen-bond donors (Lipinski definition) is 3. The second-order valence-electron chi connectivity index (χ2n) is 11.4. The van der Waals surface area contributed by atoms with Crippen LogP contribution in [0.15, 0.2) is 54.6 Å². The van der Waals surface area contributed by atoms with Crippen LogP contribution in [0.1, 0.15) is 43.1 Å². The molecule has 3 aromatic rings. The zero-order valence-electron chi connectivity index (χ0n) is 25.8. The number of hydrogen-bond acceptors (Lipinski definition) is 8. The number of benzene rings is 3. The van der Waals surface area contributed by atoms with Crippen molar-refractivity contribution in [3.8, 4) is 17.2 Å². The maximum Gasteiger partial charge on any atom is 0.307 e. The lowest BCUT2D eigenvalue weighted by Crippen LogP contribution is -2.46. The third-order valence-corrected chi connectivity index (χ3v) is 7.63. The summed E-state index contributed by atoms with van der Waals surface area (Å²) in [5.41, 5.74) is 1.61. The van der Waals surface area contributed by atoms with Crippen LogP contribution in [-0.4, -0.2) is 68.6 Å². The van der Waals surface area contributed by atoms with E-state index < -0.39 is 41.8 Å². The summed E-state index contributed by atoms with van der Waals surface area (Å²) in [5.74, 6) is -0.946. The van der Waals surface area contributed by atoms with E-state index in [4.69, 9.17) is 30.5 Å². The van der Waals surface area contributed by atoms with Crippen molar-refractivity contribution in [2.24, 2.45) is 5.41 Å². The molecule has 0 spiro atoms. The molecule has 45 heavy (non-hydrogen) atoms. The van der Waals surface area contributed by atoms with Gasteiger partial charge in [-0.2, -0.15) is 0 Å². The Hall–Kier alpha value is -4.32. The number of nitrogens with zero attached hydrogens (tertiary/aromatic N) is 1. The lowest BCUT2D eigenvalue weighted by Gasteiger charge is -2.32. The molecule has 2 atom stereocenters. The number of ether oxygens (including phenoxy) is 4. The minimum atomic E-state index is -1.29. The Kier molecular flexibility index (Phi) is 10.6. The molecule has 1 aliphatic heterocycles. The molecule has 1 heterocycles. The minimum Gasteiger partial charge on any atom is -0.495 e. The number of amides is 2. The van der Waals surface area contributed by atoms with Gasteiger partial charge in [0.1, 0.15) is 18.0 Å². The summed E-state index contributed by atoms with van der Waals surface area (Å²) >= 11 is 6.48. The molecule has 240 valence electrons. The van der Waals surface area contributed by atoms with Crippen LogP contribution in [-0.2, 0) is 25.5 Å². The fraction of sp³-hybridized carbons (Fsp3) is 0.364. The van der Waals surface area contributed by atoms with Crippen LogP contribution < -0.4 is 24.4 Å². The van der Waals surface area contributed by atoms with Gasteiger partial charge in [-0.3, -0.25) is 14.4 Å². The van der Waals surface area contributed by atoms with Gasteiger partial charge in [-0.05, 0) is 42.0 Å². The van der Waals surface area contributed by atoms with Crippen molar-refractivity contribution in [3.63, 3.8) is 0 Å². The van der Waals surface area contributed by atoms with Crippen LogP contribution >= 0.6 is 11.6 Å². The summed E-state index contributed by atoms with van der Waals surface area (Å²) in [6.45, 7) is 3.56. The van der Waals surface area contributed by atoms with Gasteiger partial charge in [-0.1, -0.05) is 43.6 Å². The summed E-state index contributed by atoms with van der Waals surface area (Å²) in [4.78, 5) is 40.6. The van der Waals surface area contributed by atoms with Crippen molar-refractivity contribution < 1.29 is 43.5 Å². The van der Waals surface area contributed by atoms with Crippen molar-refractivity contribution in [1.29, 1.82) is 0 Å². The van der Waals surface area contributed by atoms with Crippen LogP contribution in [0.5, 0.6) is 17.2 Å². The lowest BCUT2D eigenvalue weighted by molar-refractivity contribution is -0.136. The molecule has 4 rings (SSSR count). The predicted molar refractivity (Wildman–Crippen MR) is 169 cm³/mol. The van der Waals surface area contributed by atoms with E-state index in [0.717, 1.165) is 0 Å². The third kappa shape index (κ3) is 7.67. The number of anilines is 2. The third-order valence-electron chi connectivity index (χ3n) is 7.40. The van der Waals surface area contributed by atoms with Gasteiger partial charge in [0.2, 0.25) is 5.91 Å². The Labute approximate surface area is 266 Å². The first kappa shape index (κ1) is 33.6. The zero-order chi connectivity index (χ0) is 32.9. The normalized spacial score (nSPS) is 16.4. The second-order valence-corrected chi connectivity index (χ2v) is 11.8. The number of carbonyl (C=O) groups excluding carboxylic acids is 2. The van der Waals surface area contributed by atoms with Crippen molar-refractivity contribution >= 4 is 40.8 Å². The van der Waals surface area contributed by atoms with Gasteiger partial charge in [-0.25, -0.2) is 0 Å². The lowest BCUT2D eigenvalue weighted by atomic mass is 9.92. The number of carbonyl (C=O) groups is 3. The highest BCUT2D eigenvalue weighted by Gasteiger charge is 2.40. The first-order valence-corrected chi connectivity index (χ1v) is 14.6. The number of rotatable bonds is 12. The van der Waals surface area contributed by atoms with E-state index in [0.29, 0.717) is 44.6 Å². The SMILES string of the molecule is COc1ccc(CC(=O)O)cc1NC(=O)C[C@H]1O[C@H](c2cccc(OC)c2OC)c2cc(Cl)ccc2N(CC(C)(C)CO)C1=O. The molecule has 0 bridgehead atoms. The average Bonchev–Trinajstić information content (AvgIpc) is 3.10. The number of aliphatic hydroxyl groups excluding tert-OH is 1. The molecule has 0 radical (unpaired) electrons. The molecule has 12 heteroatoms. The standard InChI is InChI=1S/C33H37ClN2O9/c1-33(2,18-37)17-36-24-11-10-20(34)15-22(24)30(21-7-6-8-26(43-4)31(21)44-5)45-27(32(36)41)16-28(38)35-23-13-19(14-29(39)40)9-12-25(23)42-3/h6-13,15,27,30,37H,14,16-18H2,1-5H3,(H,35,38)(H,39,40)/t27-,30-/m1/s1. The average molecular weight is 641 g/mol. The van der Waals surface area contributed by atoms with Crippen LogP contribution in [0.2, 0.25) is 5.02 Å². The maximum atomic E-state index is 14.3. The Morgan fingerprint density at radius 1 is 1.00 bits per heavy atom. The summed E-state index contributed by atoms with van der Waals surface area (Å²) in [7, 11) is 4.43. The van der Waals surface area contributed by atoms with Crippen molar-refractivity contribution in [1.82, 2.24) is 0 Å². The van der Waals surface area contributed by atoms with Gasteiger partial charge >= 0.3 is 5.97 Å². The number of carboxylic acids is 1. The zero-order valence-corrected chi connectivity index (χ0v) is 26.5. The van der Waals surface area contributed by atoms with E-state index >= 15 is 0 Å². The van der Waals surface area contributed by atoms with Crippen molar-refractivity contribution in [3.05, 3.63) is 76.3 Å². The first-order chi connectivity index (χ1) is 21.4. The minimum absolute atomic E-state index is 0.117. The molecule has 0 saturated carbocycles. The number of halogens is 1. The molecule has 1 aliphatic rings. The molecule has 11 nitrogen and oxygen atoms in total. The van der Waals surface area contributed by atoms with Gasteiger partial charge in [0.15, 0.2) is 11.5 Å². The van der Waals surface area contributed by atoms with E-state index in [1.807, 2.05) is 13.8 Å². The van der Waals surface area contributed by atoms with Crippen LogP contribution in [0, 0.1) is 5.41 Å². The largest absolute Gasteiger partial charge is 0.495 e. The fourth-order valence-corrected chi connectivity index (χ4v) is 5.39. The Balaban J connectivity index is 1.80. The van der Waals surface area contributed by atoms with Crippen molar-refractivity contribution in [2.45, 2.75) is 38.9 Å². The summed E-state index contributed by atoms with van der Waals surface area (Å²) in [5, 5.41) is 22.5. The number of aliphatic hydroxyl groups is 1. The molecule has 0 aromatic heterocycles. The highest BCUT2D eigenvalue weighted by atomic mass is 35.5. The van der Waals surface area contributed by atoms with Gasteiger partial charge in [0, 0.05) is 40.4 Å². The summed E-state index contributed by atoms with van der Waals surface area (Å²) in [6.07, 6.45) is -2.86. The Bertz CT molecular complexity index is 1580. The van der Waals surface area contributed by atoms with E-state index in [9.17, 15) is 24.6 Å². The predicted octanol–water partition coefficient (Wildman–Crippen LogP) is 4.86. The number of methoxy groups -OCH3 is 3. The first-order valence-electron chi connectivity index (χ1n) is 14.2. The highest BCUT2D eigenvalue weighted by molar-refractivity contribution is 6.30. The fourth-order valence-electron chi connectivity index (χ4n) is 5.21. The van der Waals surface area contributed by atoms with Crippen molar-refractivity contribution in [2.75, 3.05) is 44.7 Å². The molecule has 0 unspecified atom stereocenters. The Morgan fingerprint density at radius 2 is 1.73 bits per heavy atom. The number of aliphatic carboxylic acids is 1. The maximum absolute atomic E-state index is 14.3. The highest BCUT2D eigenvalue weighted by Crippen LogP contribution is 2.45. The monoisotopic (exact) mass is 640 g/mol. The number of para-hydroxylation sites is 1. The molecule has 3 N–H and O–H groups in total. The molecule has 3 aromatic carbocycles. The molecule has 0 fully saturated rings. The van der Waals surface area contributed by atoms with E-state index in [1.54, 1.807) is 48.5 Å². The number of fused-ring (bicyclic) bond motifs is 1. The smallest absolute Gasteiger partial charge is 0.307 e. The van der Waals surface area contributed by atoms with Crippen LogP contribution in [0.25, 0.3) is 0 Å². The van der Waals surface area contributed by atoms with Gasteiger partial charge in [0.05, 0.1) is 39.9 Å². The van der Waals surface area contributed by atoms with E-state index in [2.05, 4.69) is 5.32 Å². The molecule has 0 aliphatic carbocycles. The number of nitrogens with one attached hydrogen (secondary N) is 1. The van der Waals surface area contributed by atoms with Gasteiger partial charge in [0.25, 0.3) is 5.91 Å². The second kappa shape index (κ2) is 14.2. The number of carboxylic acid groups (broad SMARTS) is 1. The van der Waals surface area contributed by atoms with E-state index in [-0.39, 0.29) is 25.3 Å². The summed E-state index contributed by atoms with van der Waals surface area (Å²) < 4.78 is 23.1. The summed E-state index contributed by atoms with van der Waals surface area (Å²) in [6, 6.07) is 15.0. The van der Waals surface area contributed by atoms with E-state index in [1.165, 1.54) is 32.3 Å². The molecule has 2 amide bonds. The topological polar surface area (TPSA) is 144 Å². The van der Waals surface area contributed by atoms with Crippen LogP contribution in [0.3, 0.4) is 0 Å². The molecular formula is C33H37ClN2O9. The van der Waals surface area contributed by atoms with Gasteiger partial charge < -0.3 is 39.4 Å². The van der Waals surface area contributed by atoms with Crippen LogP contribution in [0.4, 0.5) is 11.4 Å². The quantitative estimate of drug-likeness (QED) is 0.253. The molecular weight excluding hydrogens is 604 g/mol. The van der Waals surface area contributed by atoms with Gasteiger partial charge in [-0.15, -0.1) is 0 Å². The molecule has 0 saturated heterocycles. The Morgan fingerprint density at radius 3 is 2.38 bits per heavy atom.